The maximum absolute atomic E-state index is 12.5. The molecule has 1 amide bonds. The van der Waals surface area contributed by atoms with Crippen LogP contribution in [0.3, 0.4) is 0 Å². The second-order valence-corrected chi connectivity index (χ2v) is 9.45. The third kappa shape index (κ3) is 12.0. The van der Waals surface area contributed by atoms with E-state index in [0.29, 0.717) is 23.6 Å². The van der Waals surface area contributed by atoms with E-state index in [9.17, 15) is 36.2 Å². The number of carbonyl (C=O) groups excluding carboxylic acids is 1. The van der Waals surface area contributed by atoms with Crippen LogP contribution in [-0.2, 0) is 15.0 Å². The number of fused-ring (bicyclic) bond motifs is 1. The number of imidazole rings is 1. The highest BCUT2D eigenvalue weighted by atomic mass is 19.4. The average Bonchev–Trinajstić information content (AvgIpc) is 3.48. The molecule has 1 fully saturated rings. The summed E-state index contributed by atoms with van der Waals surface area (Å²) in [7, 11) is 0. The van der Waals surface area contributed by atoms with Crippen LogP contribution in [0.1, 0.15) is 43.1 Å². The highest BCUT2D eigenvalue weighted by molar-refractivity contribution is 6.03. The van der Waals surface area contributed by atoms with Gasteiger partial charge >= 0.3 is 18.8 Å². The molecule has 1 atom stereocenters. The molecule has 0 bridgehead atoms. The fourth-order valence-corrected chi connectivity index (χ4v) is 3.36. The minimum absolute atomic E-state index is 0.0470. The van der Waals surface area contributed by atoms with Gasteiger partial charge in [0.2, 0.25) is 0 Å². The zero-order chi connectivity index (χ0) is 32.3. The van der Waals surface area contributed by atoms with Gasteiger partial charge in [-0.3, -0.25) is 9.59 Å². The molecule has 2 aromatic heterocycles. The number of benzene rings is 1. The Morgan fingerprint density at radius 2 is 1.60 bits per heavy atom. The van der Waals surface area contributed by atoms with Crippen molar-refractivity contribution in [2.45, 2.75) is 51.6 Å². The number of halogens is 6. The van der Waals surface area contributed by atoms with E-state index in [2.05, 4.69) is 36.2 Å². The van der Waals surface area contributed by atoms with Crippen molar-refractivity contribution in [3.05, 3.63) is 53.7 Å². The summed E-state index contributed by atoms with van der Waals surface area (Å²) in [6.45, 7) is 3.87. The van der Waals surface area contributed by atoms with Gasteiger partial charge in [-0.15, -0.1) is 5.10 Å². The number of nitrogens with zero attached hydrogens (tertiary/aromatic N) is 4. The molecule has 0 saturated carbocycles. The number of alkyl halides is 6. The quantitative estimate of drug-likeness (QED) is 0.250. The first kappa shape index (κ1) is 35.6. The highest BCUT2D eigenvalue weighted by Gasteiger charge is 2.38. The fourth-order valence-electron chi connectivity index (χ4n) is 3.36. The van der Waals surface area contributed by atoms with Crippen LogP contribution in [-0.4, -0.2) is 80.3 Å². The number of aliphatic carboxylic acids is 1. The predicted molar refractivity (Wildman–Crippen MR) is 138 cm³/mol. The smallest absolute Gasteiger partial charge is 0.483 e. The number of nitrogens with one attached hydrogen (secondary N) is 1. The van der Waals surface area contributed by atoms with Gasteiger partial charge in [0.05, 0.1) is 12.3 Å². The van der Waals surface area contributed by atoms with Crippen molar-refractivity contribution in [3.63, 3.8) is 0 Å². The molecular formula is C25H29F6N5O6. The van der Waals surface area contributed by atoms with Gasteiger partial charge in [-0.1, -0.05) is 32.9 Å². The Morgan fingerprint density at radius 3 is 2.02 bits per heavy atom. The lowest BCUT2D eigenvalue weighted by Gasteiger charge is -2.18. The zero-order valence-corrected chi connectivity index (χ0v) is 22.5. The van der Waals surface area contributed by atoms with Crippen molar-refractivity contribution in [1.29, 1.82) is 0 Å². The third-order valence-electron chi connectivity index (χ3n) is 5.29. The van der Waals surface area contributed by atoms with Crippen molar-refractivity contribution in [1.82, 2.24) is 14.6 Å². The van der Waals surface area contributed by atoms with Gasteiger partial charge in [0, 0.05) is 18.7 Å². The third-order valence-corrected chi connectivity index (χ3v) is 5.29. The summed E-state index contributed by atoms with van der Waals surface area (Å²) in [5.41, 5.74) is 2.47. The molecule has 4 rings (SSSR count). The van der Waals surface area contributed by atoms with E-state index in [1.807, 2.05) is 41.3 Å². The molecule has 1 aliphatic heterocycles. The first-order chi connectivity index (χ1) is 19.4. The Hall–Kier alpha value is -4.41. The van der Waals surface area contributed by atoms with Crippen molar-refractivity contribution >= 4 is 35.6 Å². The molecule has 232 valence electrons. The molecule has 0 radical (unpaired) electrons. The lowest BCUT2D eigenvalue weighted by Crippen LogP contribution is -2.22. The number of carboxylic acids is 1. The number of amides is 1. The molecule has 42 heavy (non-hydrogen) atoms. The van der Waals surface area contributed by atoms with Gasteiger partial charge in [-0.05, 0) is 41.7 Å². The van der Waals surface area contributed by atoms with E-state index < -0.39 is 18.8 Å². The molecule has 1 saturated heterocycles. The predicted octanol–water partition coefficient (Wildman–Crippen LogP) is 4.36. The topological polar surface area (TPSA) is 157 Å². The number of β-amino-alcohol motifs (C(OH)–C–C–N with tert-alkyl or cyclic N) is 1. The molecule has 4 N–H and O–H groups in total. The standard InChI is InChI=1S/C21H25N5O2.C2HF3O2.CHF3.CH2O2/c1-21(2,3)15-6-4-14(5-7-15)20(28)23-17-13-26-18(22-17)8-9-19(24-26)25-11-10-16(27)12-25;3-2(4,5)1(6)7;2-1(3)4;2-1-3/h4-9,13,16,27H,10-12H2,1-3H3,(H,23,28);(H,6,7);1H;1H,(H,2,3). The number of hydrogen-bond acceptors (Lipinski definition) is 7. The Kier molecular flexibility index (Phi) is 13.2. The zero-order valence-electron chi connectivity index (χ0n) is 22.5. The van der Waals surface area contributed by atoms with Gasteiger partial charge in [0.25, 0.3) is 12.4 Å². The normalized spacial score (nSPS) is 14.5. The summed E-state index contributed by atoms with van der Waals surface area (Å²) in [6.07, 6.45) is -2.94. The van der Waals surface area contributed by atoms with E-state index in [1.165, 1.54) is 5.56 Å². The van der Waals surface area contributed by atoms with Crippen molar-refractivity contribution in [2.24, 2.45) is 0 Å². The second-order valence-electron chi connectivity index (χ2n) is 9.45. The van der Waals surface area contributed by atoms with Gasteiger partial charge in [0.1, 0.15) is 5.82 Å². The number of hydrogen-bond donors (Lipinski definition) is 4. The lowest BCUT2D eigenvalue weighted by atomic mass is 9.87. The maximum Gasteiger partial charge on any atom is 0.490 e. The first-order valence-corrected chi connectivity index (χ1v) is 11.9. The van der Waals surface area contributed by atoms with Crippen molar-refractivity contribution < 1.29 is 56.0 Å². The van der Waals surface area contributed by atoms with Crippen LogP contribution in [0.25, 0.3) is 5.65 Å². The molecule has 17 heteroatoms. The van der Waals surface area contributed by atoms with Crippen LogP contribution in [0.15, 0.2) is 42.6 Å². The summed E-state index contributed by atoms with van der Waals surface area (Å²) in [5, 5.41) is 31.1. The SMILES string of the molecule is CC(C)(C)c1ccc(C(=O)Nc2cn3nc(N4CCC(O)C4)ccc3n2)cc1.FC(F)F.O=C(O)C(F)(F)F.O=CO. The first-order valence-electron chi connectivity index (χ1n) is 11.9. The Labute approximate surface area is 235 Å². The van der Waals surface area contributed by atoms with Crippen LogP contribution in [0.5, 0.6) is 0 Å². The number of rotatable bonds is 3. The molecular weight excluding hydrogens is 580 g/mol. The monoisotopic (exact) mass is 609 g/mol. The number of anilines is 2. The average molecular weight is 610 g/mol. The number of aromatic nitrogens is 3. The van der Waals surface area contributed by atoms with Crippen LogP contribution < -0.4 is 10.2 Å². The minimum Gasteiger partial charge on any atom is -0.483 e. The highest BCUT2D eigenvalue weighted by Crippen LogP contribution is 2.23. The summed E-state index contributed by atoms with van der Waals surface area (Å²) in [6, 6.07) is 11.4. The number of aliphatic hydroxyl groups excluding tert-OH is 1. The van der Waals surface area contributed by atoms with E-state index >= 15 is 0 Å². The molecule has 11 nitrogen and oxygen atoms in total. The van der Waals surface area contributed by atoms with Crippen LogP contribution in [0.2, 0.25) is 0 Å². The van der Waals surface area contributed by atoms with Gasteiger partial charge in [-0.25, -0.2) is 14.3 Å². The molecule has 1 aliphatic rings. The number of aliphatic hydroxyl groups is 1. The molecule has 1 unspecified atom stereocenters. The van der Waals surface area contributed by atoms with E-state index in [0.717, 1.165) is 18.8 Å². The van der Waals surface area contributed by atoms with E-state index in [1.54, 1.807) is 10.7 Å². The fraction of sp³-hybridized carbons (Fsp3) is 0.400. The molecule has 3 aromatic rings. The van der Waals surface area contributed by atoms with Crippen molar-refractivity contribution in [2.75, 3.05) is 23.3 Å². The van der Waals surface area contributed by atoms with Gasteiger partial charge in [-0.2, -0.15) is 26.3 Å². The Balaban J connectivity index is 0.000000528. The van der Waals surface area contributed by atoms with Crippen molar-refractivity contribution in [3.8, 4) is 0 Å². The molecule has 0 spiro atoms. The summed E-state index contributed by atoms with van der Waals surface area (Å²) < 4.78 is 62.4. The summed E-state index contributed by atoms with van der Waals surface area (Å²) in [4.78, 5) is 36.3. The second kappa shape index (κ2) is 15.6. The van der Waals surface area contributed by atoms with Crippen LogP contribution in [0.4, 0.5) is 38.0 Å². The molecule has 3 heterocycles. The maximum atomic E-state index is 12.5. The van der Waals surface area contributed by atoms with Gasteiger partial charge < -0.3 is 25.5 Å². The largest absolute Gasteiger partial charge is 0.490 e. The van der Waals surface area contributed by atoms with Crippen LogP contribution in [0, 0.1) is 0 Å². The van der Waals surface area contributed by atoms with E-state index in [-0.39, 0.29) is 23.9 Å². The van der Waals surface area contributed by atoms with Gasteiger partial charge in [0.15, 0.2) is 11.5 Å². The lowest BCUT2D eigenvalue weighted by molar-refractivity contribution is -0.192. The Morgan fingerprint density at radius 1 is 1.07 bits per heavy atom. The van der Waals surface area contributed by atoms with E-state index in [4.69, 9.17) is 19.8 Å². The number of carbonyl (C=O) groups is 3. The molecule has 1 aromatic carbocycles. The minimum atomic E-state index is -5.08. The number of carboxylic acid groups (broad SMARTS) is 2. The summed E-state index contributed by atoms with van der Waals surface area (Å²) in [5.74, 6) is -1.72. The molecule has 0 aliphatic carbocycles. The van der Waals surface area contributed by atoms with Crippen LogP contribution >= 0.6 is 0 Å². The Bertz CT molecular complexity index is 1310. The summed E-state index contributed by atoms with van der Waals surface area (Å²) >= 11 is 0.